The van der Waals surface area contributed by atoms with Gasteiger partial charge in [-0.3, -0.25) is 4.90 Å². The third-order valence-corrected chi connectivity index (χ3v) is 4.61. The van der Waals surface area contributed by atoms with Crippen molar-refractivity contribution in [2.45, 2.75) is 45.3 Å². The van der Waals surface area contributed by atoms with Crippen molar-refractivity contribution in [1.82, 2.24) is 14.9 Å². The number of aryl methyl sites for hydroxylation is 2. The Morgan fingerprint density at radius 3 is 2.80 bits per heavy atom. The molecule has 1 N–H and O–H groups in total. The van der Waals surface area contributed by atoms with Gasteiger partial charge in [-0.1, -0.05) is 19.1 Å². The molecular weight excluding hydrogens is 314 g/mol. The summed E-state index contributed by atoms with van der Waals surface area (Å²) < 4.78 is 5.86. The van der Waals surface area contributed by atoms with E-state index in [9.17, 15) is 5.11 Å². The number of likely N-dealkylation sites (tertiary alicyclic amines) is 1. The van der Waals surface area contributed by atoms with Crippen LogP contribution >= 0.6 is 0 Å². The molecule has 0 bridgehead atoms. The van der Waals surface area contributed by atoms with E-state index in [-0.39, 0.29) is 0 Å². The van der Waals surface area contributed by atoms with Crippen molar-refractivity contribution in [3.63, 3.8) is 0 Å². The normalized spacial score (nSPS) is 21.2. The molecule has 1 fully saturated rings. The average Bonchev–Trinajstić information content (AvgIpc) is 2.61. The van der Waals surface area contributed by atoms with Crippen molar-refractivity contribution in [1.29, 1.82) is 0 Å². The van der Waals surface area contributed by atoms with E-state index in [1.54, 1.807) is 0 Å². The topological polar surface area (TPSA) is 58.5 Å². The summed E-state index contributed by atoms with van der Waals surface area (Å²) in [4.78, 5) is 11.0. The number of hydrogen-bond acceptors (Lipinski definition) is 5. The zero-order valence-corrected chi connectivity index (χ0v) is 15.1. The first kappa shape index (κ1) is 17.8. The largest absolute Gasteiger partial charge is 0.491 e. The third-order valence-electron chi connectivity index (χ3n) is 4.61. The Morgan fingerprint density at radius 2 is 2.08 bits per heavy atom. The van der Waals surface area contributed by atoms with Gasteiger partial charge in [0.1, 0.15) is 23.8 Å². The van der Waals surface area contributed by atoms with Crippen molar-refractivity contribution in [3.05, 3.63) is 53.6 Å². The van der Waals surface area contributed by atoms with E-state index in [1.807, 2.05) is 50.5 Å². The van der Waals surface area contributed by atoms with Crippen molar-refractivity contribution >= 4 is 0 Å². The highest BCUT2D eigenvalue weighted by Gasteiger charge is 2.34. The molecule has 1 aliphatic heterocycles. The quantitative estimate of drug-likeness (QED) is 0.875. The lowest BCUT2D eigenvalue weighted by Crippen LogP contribution is -2.51. The fourth-order valence-corrected chi connectivity index (χ4v) is 3.29. The van der Waals surface area contributed by atoms with Gasteiger partial charge in [-0.2, -0.15) is 0 Å². The monoisotopic (exact) mass is 341 g/mol. The number of ether oxygens (including phenoxy) is 1. The van der Waals surface area contributed by atoms with Gasteiger partial charge in [0.2, 0.25) is 0 Å². The maximum absolute atomic E-state index is 10.9. The second kappa shape index (κ2) is 7.93. The van der Waals surface area contributed by atoms with Crippen LogP contribution < -0.4 is 4.74 Å². The van der Waals surface area contributed by atoms with E-state index < -0.39 is 5.60 Å². The van der Waals surface area contributed by atoms with Crippen LogP contribution in [0, 0.1) is 6.92 Å². The Labute approximate surface area is 149 Å². The van der Waals surface area contributed by atoms with E-state index in [4.69, 9.17) is 4.74 Å². The number of aliphatic hydroxyl groups is 1. The SMILES string of the molecule is CCc1ncc(CN2CCC[C@](O)(COc3cccc(C)c3)C2)cn1. The fourth-order valence-electron chi connectivity index (χ4n) is 3.29. The van der Waals surface area contributed by atoms with Gasteiger partial charge in [0.05, 0.1) is 0 Å². The summed E-state index contributed by atoms with van der Waals surface area (Å²) in [6.07, 6.45) is 6.35. The van der Waals surface area contributed by atoms with E-state index in [0.717, 1.165) is 55.1 Å². The zero-order valence-electron chi connectivity index (χ0n) is 15.1. The molecule has 134 valence electrons. The summed E-state index contributed by atoms with van der Waals surface area (Å²) in [5.74, 6) is 1.68. The molecule has 0 spiro atoms. The first-order chi connectivity index (χ1) is 12.1. The van der Waals surface area contributed by atoms with Crippen LogP contribution in [0.3, 0.4) is 0 Å². The number of rotatable bonds is 6. The Morgan fingerprint density at radius 1 is 1.28 bits per heavy atom. The van der Waals surface area contributed by atoms with Crippen LogP contribution in [0.1, 0.15) is 36.7 Å². The fraction of sp³-hybridized carbons (Fsp3) is 0.500. The molecule has 0 aliphatic carbocycles. The summed E-state index contributed by atoms with van der Waals surface area (Å²) in [5.41, 5.74) is 1.43. The Balaban J connectivity index is 1.57. The molecule has 5 nitrogen and oxygen atoms in total. The maximum atomic E-state index is 10.9. The lowest BCUT2D eigenvalue weighted by Gasteiger charge is -2.38. The average molecular weight is 341 g/mol. The highest BCUT2D eigenvalue weighted by Crippen LogP contribution is 2.24. The van der Waals surface area contributed by atoms with Gasteiger partial charge in [0.25, 0.3) is 0 Å². The van der Waals surface area contributed by atoms with Gasteiger partial charge < -0.3 is 9.84 Å². The number of piperidine rings is 1. The molecule has 25 heavy (non-hydrogen) atoms. The van der Waals surface area contributed by atoms with E-state index in [1.165, 1.54) is 0 Å². The summed E-state index contributed by atoms with van der Waals surface area (Å²) in [5, 5.41) is 10.9. The number of β-amino-alcohol motifs (C(OH)–C–C–N with tert-alkyl or cyclic N) is 1. The molecule has 0 radical (unpaired) electrons. The second-order valence-electron chi connectivity index (χ2n) is 7.00. The van der Waals surface area contributed by atoms with E-state index >= 15 is 0 Å². The van der Waals surface area contributed by atoms with Crippen LogP contribution in [0.15, 0.2) is 36.7 Å². The van der Waals surface area contributed by atoms with E-state index in [2.05, 4.69) is 14.9 Å². The Kier molecular flexibility index (Phi) is 5.66. The molecule has 1 aromatic heterocycles. The minimum atomic E-state index is -0.813. The van der Waals surface area contributed by atoms with Crippen molar-refractivity contribution in [2.75, 3.05) is 19.7 Å². The molecule has 0 unspecified atom stereocenters. The summed E-state index contributed by atoms with van der Waals surface area (Å²) in [6.45, 7) is 6.75. The minimum absolute atomic E-state index is 0.318. The van der Waals surface area contributed by atoms with Gasteiger partial charge in [-0.25, -0.2) is 9.97 Å². The van der Waals surface area contributed by atoms with E-state index in [0.29, 0.717) is 13.2 Å². The van der Waals surface area contributed by atoms with Crippen LogP contribution in [-0.2, 0) is 13.0 Å². The number of benzene rings is 1. The summed E-state index contributed by atoms with van der Waals surface area (Å²) in [7, 11) is 0. The maximum Gasteiger partial charge on any atom is 0.127 e. The van der Waals surface area contributed by atoms with Crippen LogP contribution in [0.2, 0.25) is 0 Å². The molecule has 5 heteroatoms. The molecular formula is C20H27N3O2. The highest BCUT2D eigenvalue weighted by molar-refractivity contribution is 5.27. The molecule has 0 saturated carbocycles. The Hall–Kier alpha value is -1.98. The van der Waals surface area contributed by atoms with Crippen molar-refractivity contribution < 1.29 is 9.84 Å². The molecule has 1 saturated heterocycles. The zero-order chi connectivity index (χ0) is 17.7. The van der Waals surface area contributed by atoms with Crippen LogP contribution in [0.5, 0.6) is 5.75 Å². The predicted octanol–water partition coefficient (Wildman–Crippen LogP) is 2.75. The number of aromatic nitrogens is 2. The standard InChI is InChI=1S/C20H27N3O2/c1-3-19-21-11-17(12-22-19)13-23-9-5-8-20(24,14-23)15-25-18-7-4-6-16(2)10-18/h4,6-7,10-12,24H,3,5,8-9,13-15H2,1-2H3/t20-/m1/s1. The highest BCUT2D eigenvalue weighted by atomic mass is 16.5. The molecule has 1 aromatic carbocycles. The second-order valence-corrected chi connectivity index (χ2v) is 7.00. The molecule has 2 heterocycles. The van der Waals surface area contributed by atoms with Crippen molar-refractivity contribution in [2.24, 2.45) is 0 Å². The van der Waals surface area contributed by atoms with Gasteiger partial charge in [0.15, 0.2) is 0 Å². The lowest BCUT2D eigenvalue weighted by molar-refractivity contribution is -0.0621. The summed E-state index contributed by atoms with van der Waals surface area (Å²) in [6, 6.07) is 7.94. The minimum Gasteiger partial charge on any atom is -0.491 e. The summed E-state index contributed by atoms with van der Waals surface area (Å²) >= 11 is 0. The van der Waals surface area contributed by atoms with Gasteiger partial charge >= 0.3 is 0 Å². The third kappa shape index (κ3) is 5.00. The first-order valence-electron chi connectivity index (χ1n) is 9.00. The molecule has 1 aliphatic rings. The number of hydrogen-bond donors (Lipinski definition) is 1. The van der Waals surface area contributed by atoms with Gasteiger partial charge in [0, 0.05) is 37.5 Å². The predicted molar refractivity (Wildman–Crippen MR) is 97.5 cm³/mol. The molecule has 0 amide bonds. The Bertz CT molecular complexity index is 690. The smallest absolute Gasteiger partial charge is 0.127 e. The van der Waals surface area contributed by atoms with Crippen molar-refractivity contribution in [3.8, 4) is 5.75 Å². The molecule has 1 atom stereocenters. The van der Waals surface area contributed by atoms with Gasteiger partial charge in [-0.05, 0) is 44.0 Å². The molecule has 2 aromatic rings. The number of nitrogens with zero attached hydrogens (tertiary/aromatic N) is 3. The van der Waals surface area contributed by atoms with Crippen LogP contribution in [0.25, 0.3) is 0 Å². The van der Waals surface area contributed by atoms with Crippen LogP contribution in [0.4, 0.5) is 0 Å². The van der Waals surface area contributed by atoms with Gasteiger partial charge in [-0.15, -0.1) is 0 Å². The molecule has 3 rings (SSSR count). The first-order valence-corrected chi connectivity index (χ1v) is 9.00. The lowest BCUT2D eigenvalue weighted by atomic mass is 9.93. The van der Waals surface area contributed by atoms with Crippen LogP contribution in [-0.4, -0.2) is 45.3 Å².